The van der Waals surface area contributed by atoms with Crippen molar-refractivity contribution in [2.45, 2.75) is 0 Å². The number of benzene rings is 2. The van der Waals surface area contributed by atoms with Crippen molar-refractivity contribution in [3.63, 3.8) is 0 Å². The number of aromatic amines is 1. The molecule has 0 atom stereocenters. The molecule has 0 aliphatic rings. The summed E-state index contributed by atoms with van der Waals surface area (Å²) in [6.45, 7) is 0. The van der Waals surface area contributed by atoms with E-state index < -0.39 is 0 Å². The van der Waals surface area contributed by atoms with Crippen LogP contribution in [0.4, 0.5) is 0 Å². The van der Waals surface area contributed by atoms with E-state index in [1.807, 2.05) is 54.6 Å². The second-order valence-electron chi connectivity index (χ2n) is 4.66. The SMILES string of the molecule is O=c1[nH]c2ccccc2c2nc(-c3ccccc3)cn12. The van der Waals surface area contributed by atoms with Crippen LogP contribution < -0.4 is 5.69 Å². The Bertz CT molecular complexity index is 967. The molecular formula is C16H11N3O. The molecule has 0 unspecified atom stereocenters. The summed E-state index contributed by atoms with van der Waals surface area (Å²) in [5.74, 6) is 0. The van der Waals surface area contributed by atoms with Gasteiger partial charge in [0, 0.05) is 17.1 Å². The fourth-order valence-corrected chi connectivity index (χ4v) is 2.44. The smallest absolute Gasteiger partial charge is 0.306 e. The Hall–Kier alpha value is -2.88. The zero-order chi connectivity index (χ0) is 13.5. The van der Waals surface area contributed by atoms with E-state index in [0.29, 0.717) is 5.65 Å². The van der Waals surface area contributed by atoms with E-state index in [2.05, 4.69) is 9.97 Å². The number of imidazole rings is 1. The van der Waals surface area contributed by atoms with E-state index in [1.54, 1.807) is 10.6 Å². The Balaban J connectivity index is 2.11. The zero-order valence-electron chi connectivity index (χ0n) is 10.6. The first-order valence-corrected chi connectivity index (χ1v) is 6.38. The molecule has 1 N–H and O–H groups in total. The van der Waals surface area contributed by atoms with E-state index >= 15 is 0 Å². The normalized spacial score (nSPS) is 11.2. The molecule has 4 nitrogen and oxygen atoms in total. The predicted molar refractivity (Wildman–Crippen MR) is 78.8 cm³/mol. The molecule has 0 radical (unpaired) electrons. The van der Waals surface area contributed by atoms with Gasteiger partial charge in [0.1, 0.15) is 0 Å². The number of nitrogens with one attached hydrogen (secondary N) is 1. The molecule has 4 aromatic rings. The average Bonchev–Trinajstić information content (AvgIpc) is 2.94. The summed E-state index contributed by atoms with van der Waals surface area (Å²) in [7, 11) is 0. The average molecular weight is 261 g/mol. The Morgan fingerprint density at radius 2 is 1.70 bits per heavy atom. The van der Waals surface area contributed by atoms with Crippen LogP contribution in [0.3, 0.4) is 0 Å². The van der Waals surface area contributed by atoms with Crippen LogP contribution in [0.2, 0.25) is 0 Å². The van der Waals surface area contributed by atoms with Crippen molar-refractivity contribution in [2.24, 2.45) is 0 Å². The van der Waals surface area contributed by atoms with Crippen molar-refractivity contribution < 1.29 is 0 Å². The van der Waals surface area contributed by atoms with E-state index in [9.17, 15) is 4.79 Å². The highest BCUT2D eigenvalue weighted by Crippen LogP contribution is 2.21. The number of nitrogens with zero attached hydrogens (tertiary/aromatic N) is 2. The minimum Gasteiger partial charge on any atom is -0.306 e. The van der Waals surface area contributed by atoms with Gasteiger partial charge in [-0.15, -0.1) is 0 Å². The topological polar surface area (TPSA) is 50.2 Å². The molecule has 0 saturated carbocycles. The van der Waals surface area contributed by atoms with Crippen molar-refractivity contribution in [2.75, 3.05) is 0 Å². The van der Waals surface area contributed by atoms with Crippen LogP contribution in [-0.2, 0) is 0 Å². The van der Waals surface area contributed by atoms with Crippen molar-refractivity contribution in [1.29, 1.82) is 0 Å². The predicted octanol–water partition coefficient (Wildman–Crippen LogP) is 2.84. The largest absolute Gasteiger partial charge is 0.331 e. The Labute approximate surface area is 114 Å². The van der Waals surface area contributed by atoms with Crippen LogP contribution in [0.5, 0.6) is 0 Å². The fourth-order valence-electron chi connectivity index (χ4n) is 2.44. The molecule has 2 aromatic carbocycles. The maximum absolute atomic E-state index is 12.1. The number of fused-ring (bicyclic) bond motifs is 3. The molecule has 0 aliphatic heterocycles. The molecule has 0 saturated heterocycles. The highest BCUT2D eigenvalue weighted by atomic mass is 16.1. The summed E-state index contributed by atoms with van der Waals surface area (Å²) in [6, 6.07) is 17.5. The first-order chi connectivity index (χ1) is 9.83. The number of hydrogen-bond acceptors (Lipinski definition) is 2. The van der Waals surface area contributed by atoms with Crippen LogP contribution in [0, 0.1) is 0 Å². The summed E-state index contributed by atoms with van der Waals surface area (Å²) in [6.07, 6.45) is 1.77. The van der Waals surface area contributed by atoms with E-state index in [0.717, 1.165) is 22.2 Å². The lowest BCUT2D eigenvalue weighted by Gasteiger charge is -1.98. The molecule has 20 heavy (non-hydrogen) atoms. The highest BCUT2D eigenvalue weighted by Gasteiger charge is 2.09. The lowest BCUT2D eigenvalue weighted by atomic mass is 10.2. The maximum atomic E-state index is 12.1. The van der Waals surface area contributed by atoms with Crippen LogP contribution in [-0.4, -0.2) is 14.4 Å². The first kappa shape index (κ1) is 11.0. The number of aromatic nitrogens is 3. The van der Waals surface area contributed by atoms with Crippen molar-refractivity contribution in [3.8, 4) is 11.3 Å². The minimum absolute atomic E-state index is 0.173. The number of rotatable bonds is 1. The van der Waals surface area contributed by atoms with Gasteiger partial charge in [-0.05, 0) is 12.1 Å². The summed E-state index contributed by atoms with van der Waals surface area (Å²) < 4.78 is 1.56. The zero-order valence-corrected chi connectivity index (χ0v) is 10.6. The number of para-hydroxylation sites is 1. The third-order valence-electron chi connectivity index (χ3n) is 3.40. The lowest BCUT2D eigenvalue weighted by molar-refractivity contribution is 1.03. The molecular weight excluding hydrogens is 250 g/mol. The Kier molecular flexibility index (Phi) is 2.23. The maximum Gasteiger partial charge on any atom is 0.331 e. The summed E-state index contributed by atoms with van der Waals surface area (Å²) in [5.41, 5.74) is 3.11. The van der Waals surface area contributed by atoms with Crippen LogP contribution in [0.25, 0.3) is 27.8 Å². The molecule has 96 valence electrons. The van der Waals surface area contributed by atoms with Gasteiger partial charge in [0.25, 0.3) is 0 Å². The minimum atomic E-state index is -0.173. The monoisotopic (exact) mass is 261 g/mol. The molecule has 0 bridgehead atoms. The van der Waals surface area contributed by atoms with Crippen LogP contribution in [0.1, 0.15) is 0 Å². The molecule has 0 aliphatic carbocycles. The second kappa shape index (κ2) is 4.06. The molecule has 2 heterocycles. The van der Waals surface area contributed by atoms with Crippen molar-refractivity contribution in [1.82, 2.24) is 14.4 Å². The second-order valence-corrected chi connectivity index (χ2v) is 4.66. The number of hydrogen-bond donors (Lipinski definition) is 1. The van der Waals surface area contributed by atoms with Gasteiger partial charge in [-0.1, -0.05) is 42.5 Å². The Morgan fingerprint density at radius 3 is 2.55 bits per heavy atom. The van der Waals surface area contributed by atoms with Gasteiger partial charge >= 0.3 is 5.69 Å². The fraction of sp³-hybridized carbons (Fsp3) is 0. The third-order valence-corrected chi connectivity index (χ3v) is 3.40. The third kappa shape index (κ3) is 1.55. The summed E-state index contributed by atoms with van der Waals surface area (Å²) >= 11 is 0. The van der Waals surface area contributed by atoms with Gasteiger partial charge in [0.2, 0.25) is 0 Å². The molecule has 0 spiro atoms. The Morgan fingerprint density at radius 1 is 0.950 bits per heavy atom. The first-order valence-electron chi connectivity index (χ1n) is 6.38. The van der Waals surface area contributed by atoms with Gasteiger partial charge in [-0.3, -0.25) is 4.40 Å². The van der Waals surface area contributed by atoms with Gasteiger partial charge in [-0.2, -0.15) is 0 Å². The standard InChI is InChI=1S/C16H11N3O/c20-16-18-13-9-5-4-8-12(13)15-17-14(10-19(15)16)11-6-2-1-3-7-11/h1-10H,(H,18,20). The van der Waals surface area contributed by atoms with Crippen molar-refractivity contribution >= 4 is 16.6 Å². The van der Waals surface area contributed by atoms with Crippen LogP contribution >= 0.6 is 0 Å². The van der Waals surface area contributed by atoms with Crippen LogP contribution in [0.15, 0.2) is 65.6 Å². The summed E-state index contributed by atoms with van der Waals surface area (Å²) in [4.78, 5) is 19.6. The van der Waals surface area contributed by atoms with Gasteiger partial charge in [-0.25, -0.2) is 9.78 Å². The highest BCUT2D eigenvalue weighted by molar-refractivity contribution is 5.91. The summed E-state index contributed by atoms with van der Waals surface area (Å²) in [5, 5.41) is 0.939. The van der Waals surface area contributed by atoms with Gasteiger partial charge < -0.3 is 4.98 Å². The molecule has 0 fully saturated rings. The molecule has 4 rings (SSSR count). The van der Waals surface area contributed by atoms with E-state index in [4.69, 9.17) is 0 Å². The van der Waals surface area contributed by atoms with E-state index in [1.165, 1.54) is 0 Å². The molecule has 2 aromatic heterocycles. The molecule has 0 amide bonds. The number of H-pyrrole nitrogens is 1. The lowest BCUT2D eigenvalue weighted by Crippen LogP contribution is -2.15. The molecule has 4 heteroatoms. The van der Waals surface area contributed by atoms with Gasteiger partial charge in [0.15, 0.2) is 5.65 Å². The van der Waals surface area contributed by atoms with E-state index in [-0.39, 0.29) is 5.69 Å². The quantitative estimate of drug-likeness (QED) is 0.573. The van der Waals surface area contributed by atoms with Crippen molar-refractivity contribution in [3.05, 3.63) is 71.3 Å². The van der Waals surface area contributed by atoms with Gasteiger partial charge in [0.05, 0.1) is 11.2 Å².